The molecule has 3 heterocycles. The molecular weight excluding hydrogens is 216 g/mol. The van der Waals surface area contributed by atoms with Crippen LogP contribution in [-0.4, -0.2) is 26.7 Å². The molecule has 0 atom stereocenters. The van der Waals surface area contributed by atoms with E-state index in [1.54, 1.807) is 13.3 Å². The molecule has 0 unspecified atom stereocenters. The van der Waals surface area contributed by atoms with Crippen LogP contribution in [0.5, 0.6) is 5.88 Å². The van der Waals surface area contributed by atoms with Crippen molar-refractivity contribution in [2.24, 2.45) is 0 Å². The second-order valence-corrected chi connectivity index (χ2v) is 3.50. The molecule has 0 radical (unpaired) electrons. The molecule has 3 rings (SSSR count). The molecule has 0 bridgehead atoms. The van der Waals surface area contributed by atoms with Crippen LogP contribution in [0.2, 0.25) is 0 Å². The first-order valence-electron chi connectivity index (χ1n) is 5.19. The van der Waals surface area contributed by atoms with E-state index < -0.39 is 0 Å². The summed E-state index contributed by atoms with van der Waals surface area (Å²) in [5, 5.41) is 8.24. The highest BCUT2D eigenvalue weighted by Gasteiger charge is 2.11. The first kappa shape index (κ1) is 9.77. The van der Waals surface area contributed by atoms with Crippen LogP contribution in [-0.2, 0) is 0 Å². The molecule has 0 aliphatic rings. The molecule has 84 valence electrons. The Morgan fingerprint density at radius 1 is 1.06 bits per heavy atom. The average molecular weight is 226 g/mol. The second kappa shape index (κ2) is 3.86. The molecule has 5 heteroatoms. The Morgan fingerprint density at radius 2 is 2.00 bits per heavy atom. The molecule has 0 amide bonds. The third-order valence-electron chi connectivity index (χ3n) is 2.50. The SMILES string of the molecule is COc1cccc2nnc(-c3ccccn3)n12. The largest absolute Gasteiger partial charge is 0.482 e. The van der Waals surface area contributed by atoms with Gasteiger partial charge in [0.25, 0.3) is 0 Å². The van der Waals surface area contributed by atoms with Gasteiger partial charge in [-0.2, -0.15) is 0 Å². The lowest BCUT2D eigenvalue weighted by Gasteiger charge is -2.05. The Kier molecular flexibility index (Phi) is 2.22. The maximum Gasteiger partial charge on any atom is 0.200 e. The fraction of sp³-hybridized carbons (Fsp3) is 0.0833. The second-order valence-electron chi connectivity index (χ2n) is 3.50. The number of fused-ring (bicyclic) bond motifs is 1. The van der Waals surface area contributed by atoms with Gasteiger partial charge in [-0.25, -0.2) is 4.40 Å². The summed E-state index contributed by atoms with van der Waals surface area (Å²) in [7, 11) is 1.62. The van der Waals surface area contributed by atoms with E-state index >= 15 is 0 Å². The van der Waals surface area contributed by atoms with Gasteiger partial charge in [0.1, 0.15) is 5.69 Å². The summed E-state index contributed by atoms with van der Waals surface area (Å²) in [5.41, 5.74) is 1.51. The normalized spacial score (nSPS) is 10.6. The Bertz CT molecular complexity index is 648. The highest BCUT2D eigenvalue weighted by Crippen LogP contribution is 2.21. The van der Waals surface area contributed by atoms with Gasteiger partial charge < -0.3 is 4.74 Å². The van der Waals surface area contributed by atoms with Crippen LogP contribution in [0.15, 0.2) is 42.6 Å². The van der Waals surface area contributed by atoms with E-state index in [2.05, 4.69) is 15.2 Å². The van der Waals surface area contributed by atoms with Crippen molar-refractivity contribution in [1.82, 2.24) is 19.6 Å². The zero-order valence-electron chi connectivity index (χ0n) is 9.24. The van der Waals surface area contributed by atoms with Crippen LogP contribution in [0.25, 0.3) is 17.2 Å². The summed E-state index contributed by atoms with van der Waals surface area (Å²) >= 11 is 0. The maximum atomic E-state index is 5.30. The molecule has 0 fully saturated rings. The van der Waals surface area contributed by atoms with Crippen LogP contribution < -0.4 is 4.74 Å². The molecule has 0 N–H and O–H groups in total. The van der Waals surface area contributed by atoms with E-state index in [-0.39, 0.29) is 0 Å². The minimum atomic E-state index is 0.679. The summed E-state index contributed by atoms with van der Waals surface area (Å²) in [6.45, 7) is 0. The molecular formula is C12H10N4O. The van der Waals surface area contributed by atoms with Gasteiger partial charge >= 0.3 is 0 Å². The van der Waals surface area contributed by atoms with Crippen molar-refractivity contribution in [1.29, 1.82) is 0 Å². The number of rotatable bonds is 2. The maximum absolute atomic E-state index is 5.30. The third kappa shape index (κ3) is 1.52. The van der Waals surface area contributed by atoms with Gasteiger partial charge in [0.05, 0.1) is 7.11 Å². The van der Waals surface area contributed by atoms with Crippen molar-refractivity contribution >= 4 is 5.65 Å². The number of pyridine rings is 2. The Balaban J connectivity index is 2.31. The predicted molar refractivity (Wildman–Crippen MR) is 62.8 cm³/mol. The topological polar surface area (TPSA) is 52.3 Å². The molecule has 0 saturated heterocycles. The van der Waals surface area contributed by atoms with Gasteiger partial charge in [0.2, 0.25) is 5.88 Å². The molecule has 3 aromatic rings. The van der Waals surface area contributed by atoms with Gasteiger partial charge in [0.15, 0.2) is 11.5 Å². The fourth-order valence-electron chi connectivity index (χ4n) is 1.73. The van der Waals surface area contributed by atoms with Gasteiger partial charge in [0, 0.05) is 6.20 Å². The minimum absolute atomic E-state index is 0.679. The summed E-state index contributed by atoms with van der Waals surface area (Å²) in [6.07, 6.45) is 1.73. The lowest BCUT2D eigenvalue weighted by molar-refractivity contribution is 0.393. The van der Waals surface area contributed by atoms with E-state index in [0.717, 1.165) is 11.3 Å². The highest BCUT2D eigenvalue weighted by atomic mass is 16.5. The summed E-state index contributed by atoms with van der Waals surface area (Å²) < 4.78 is 7.14. The fourth-order valence-corrected chi connectivity index (χ4v) is 1.73. The Labute approximate surface area is 97.7 Å². The molecule has 0 aliphatic carbocycles. The van der Waals surface area contributed by atoms with Crippen molar-refractivity contribution in [3.05, 3.63) is 42.6 Å². The number of aromatic nitrogens is 4. The number of hydrogen-bond donors (Lipinski definition) is 0. The van der Waals surface area contributed by atoms with Crippen LogP contribution in [0.4, 0.5) is 0 Å². The predicted octanol–water partition coefficient (Wildman–Crippen LogP) is 1.80. The van der Waals surface area contributed by atoms with Crippen molar-refractivity contribution < 1.29 is 4.74 Å². The first-order chi connectivity index (χ1) is 8.40. The van der Waals surface area contributed by atoms with Crippen LogP contribution in [0, 0.1) is 0 Å². The van der Waals surface area contributed by atoms with Gasteiger partial charge in [-0.15, -0.1) is 10.2 Å². The van der Waals surface area contributed by atoms with E-state index in [9.17, 15) is 0 Å². The zero-order chi connectivity index (χ0) is 11.7. The third-order valence-corrected chi connectivity index (χ3v) is 2.50. The van der Waals surface area contributed by atoms with Crippen molar-refractivity contribution in [3.63, 3.8) is 0 Å². The zero-order valence-corrected chi connectivity index (χ0v) is 9.24. The van der Waals surface area contributed by atoms with Crippen LogP contribution >= 0.6 is 0 Å². The number of ether oxygens (including phenoxy) is 1. The number of methoxy groups -OCH3 is 1. The van der Waals surface area contributed by atoms with E-state index in [4.69, 9.17) is 4.74 Å². The molecule has 0 aromatic carbocycles. The van der Waals surface area contributed by atoms with E-state index in [0.29, 0.717) is 11.7 Å². The smallest absolute Gasteiger partial charge is 0.200 e. The van der Waals surface area contributed by atoms with Gasteiger partial charge in [-0.3, -0.25) is 4.98 Å². The highest BCUT2D eigenvalue weighted by molar-refractivity contribution is 5.57. The summed E-state index contributed by atoms with van der Waals surface area (Å²) in [6, 6.07) is 11.3. The average Bonchev–Trinajstić information content (AvgIpc) is 2.83. The molecule has 5 nitrogen and oxygen atoms in total. The van der Waals surface area contributed by atoms with E-state index in [1.165, 1.54) is 0 Å². The summed E-state index contributed by atoms with van der Waals surface area (Å²) in [4.78, 5) is 4.27. The van der Waals surface area contributed by atoms with Crippen molar-refractivity contribution in [3.8, 4) is 17.4 Å². The Hall–Kier alpha value is -2.43. The first-order valence-corrected chi connectivity index (χ1v) is 5.19. The monoisotopic (exact) mass is 226 g/mol. The number of nitrogens with zero attached hydrogens (tertiary/aromatic N) is 4. The molecule has 0 aliphatic heterocycles. The van der Waals surface area contributed by atoms with Crippen molar-refractivity contribution in [2.75, 3.05) is 7.11 Å². The molecule has 3 aromatic heterocycles. The number of hydrogen-bond acceptors (Lipinski definition) is 4. The quantitative estimate of drug-likeness (QED) is 0.668. The molecule has 17 heavy (non-hydrogen) atoms. The lowest BCUT2D eigenvalue weighted by atomic mass is 10.3. The van der Waals surface area contributed by atoms with Crippen LogP contribution in [0.3, 0.4) is 0 Å². The van der Waals surface area contributed by atoms with Gasteiger partial charge in [-0.05, 0) is 24.3 Å². The minimum Gasteiger partial charge on any atom is -0.482 e. The lowest BCUT2D eigenvalue weighted by Crippen LogP contribution is -1.96. The molecule has 0 saturated carbocycles. The standard InChI is InChI=1S/C12H10N4O/c1-17-11-7-4-6-10-14-15-12(16(10)11)9-5-2-3-8-13-9/h2-8H,1H3. The van der Waals surface area contributed by atoms with E-state index in [1.807, 2.05) is 40.8 Å². The van der Waals surface area contributed by atoms with Crippen LogP contribution in [0.1, 0.15) is 0 Å². The van der Waals surface area contributed by atoms with Crippen molar-refractivity contribution in [2.45, 2.75) is 0 Å². The Morgan fingerprint density at radius 3 is 2.76 bits per heavy atom. The van der Waals surface area contributed by atoms with Gasteiger partial charge in [-0.1, -0.05) is 12.1 Å². The molecule has 0 spiro atoms. The summed E-state index contributed by atoms with van der Waals surface area (Å²) in [5.74, 6) is 1.37.